The van der Waals surface area contributed by atoms with Crippen molar-refractivity contribution in [3.05, 3.63) is 33.6 Å². The molecule has 0 aliphatic heterocycles. The van der Waals surface area contributed by atoms with Crippen LogP contribution in [0.2, 0.25) is 0 Å². The van der Waals surface area contributed by atoms with Crippen molar-refractivity contribution in [2.24, 2.45) is 0 Å². The second kappa shape index (κ2) is 2.77. The molecular formula is C7H7FN2O2. The Morgan fingerprint density at radius 3 is 2.67 bits per heavy atom. The lowest BCUT2D eigenvalue weighted by atomic mass is 10.2. The van der Waals surface area contributed by atoms with Crippen molar-refractivity contribution >= 4 is 11.4 Å². The van der Waals surface area contributed by atoms with E-state index in [0.29, 0.717) is 0 Å². The van der Waals surface area contributed by atoms with Gasteiger partial charge in [0.15, 0.2) is 0 Å². The molecular weight excluding hydrogens is 163 g/mol. The Morgan fingerprint density at radius 2 is 2.17 bits per heavy atom. The zero-order valence-electron chi connectivity index (χ0n) is 6.37. The van der Waals surface area contributed by atoms with Crippen molar-refractivity contribution in [2.45, 2.75) is 6.92 Å². The Labute approximate surface area is 68.0 Å². The van der Waals surface area contributed by atoms with Crippen LogP contribution in [0.25, 0.3) is 0 Å². The van der Waals surface area contributed by atoms with Crippen LogP contribution in [0.1, 0.15) is 5.56 Å². The minimum Gasteiger partial charge on any atom is -0.393 e. The first kappa shape index (κ1) is 8.45. The Morgan fingerprint density at radius 1 is 1.58 bits per heavy atom. The molecule has 1 aromatic carbocycles. The standard InChI is InChI=1S/C7H7FN2O2/c1-4-2-7(10(11)12)6(9)3-5(4)8/h2-3H,9H2,1H3. The van der Waals surface area contributed by atoms with E-state index in [4.69, 9.17) is 5.73 Å². The van der Waals surface area contributed by atoms with Crippen LogP contribution in [0, 0.1) is 22.9 Å². The van der Waals surface area contributed by atoms with Crippen molar-refractivity contribution in [3.8, 4) is 0 Å². The Hall–Kier alpha value is -1.65. The van der Waals surface area contributed by atoms with Crippen LogP contribution < -0.4 is 5.73 Å². The highest BCUT2D eigenvalue weighted by atomic mass is 19.1. The molecule has 0 fully saturated rings. The Balaban J connectivity index is 3.33. The number of nitrogen functional groups attached to an aromatic ring is 1. The number of nitrogens with two attached hydrogens (primary N) is 1. The molecule has 12 heavy (non-hydrogen) atoms. The van der Waals surface area contributed by atoms with Crippen LogP contribution in [-0.4, -0.2) is 4.92 Å². The van der Waals surface area contributed by atoms with E-state index in [1.165, 1.54) is 6.92 Å². The van der Waals surface area contributed by atoms with Gasteiger partial charge in [-0.25, -0.2) is 4.39 Å². The maximum atomic E-state index is 12.7. The highest BCUT2D eigenvalue weighted by Gasteiger charge is 2.13. The van der Waals surface area contributed by atoms with Crippen LogP contribution in [0.3, 0.4) is 0 Å². The van der Waals surface area contributed by atoms with E-state index < -0.39 is 10.7 Å². The summed E-state index contributed by atoms with van der Waals surface area (Å²) in [6.07, 6.45) is 0. The van der Waals surface area contributed by atoms with Gasteiger partial charge in [0.25, 0.3) is 5.69 Å². The summed E-state index contributed by atoms with van der Waals surface area (Å²) in [6, 6.07) is 2.07. The number of rotatable bonds is 1. The summed E-state index contributed by atoms with van der Waals surface area (Å²) in [5.74, 6) is -0.530. The number of hydrogen-bond acceptors (Lipinski definition) is 3. The lowest BCUT2D eigenvalue weighted by Gasteiger charge is -1.99. The first-order chi connectivity index (χ1) is 5.52. The van der Waals surface area contributed by atoms with Gasteiger partial charge < -0.3 is 5.73 Å². The van der Waals surface area contributed by atoms with E-state index in [0.717, 1.165) is 12.1 Å². The van der Waals surface area contributed by atoms with Crippen LogP contribution >= 0.6 is 0 Å². The fourth-order valence-electron chi connectivity index (χ4n) is 0.840. The lowest BCUT2D eigenvalue weighted by Crippen LogP contribution is -1.97. The van der Waals surface area contributed by atoms with Gasteiger partial charge in [0.1, 0.15) is 11.5 Å². The largest absolute Gasteiger partial charge is 0.393 e. The van der Waals surface area contributed by atoms with Gasteiger partial charge in [-0.3, -0.25) is 10.1 Å². The number of nitro groups is 1. The fraction of sp³-hybridized carbons (Fsp3) is 0.143. The third kappa shape index (κ3) is 1.34. The topological polar surface area (TPSA) is 69.2 Å². The molecule has 0 heterocycles. The molecule has 0 spiro atoms. The number of aryl methyl sites for hydroxylation is 1. The number of halogens is 1. The summed E-state index contributed by atoms with van der Waals surface area (Å²) in [6.45, 7) is 1.45. The van der Waals surface area contributed by atoms with E-state index in [-0.39, 0.29) is 16.9 Å². The Bertz CT molecular complexity index is 338. The van der Waals surface area contributed by atoms with Gasteiger partial charge in [0.05, 0.1) is 4.92 Å². The summed E-state index contributed by atoms with van der Waals surface area (Å²) in [5.41, 5.74) is 5.02. The summed E-state index contributed by atoms with van der Waals surface area (Å²) >= 11 is 0. The molecule has 0 unspecified atom stereocenters. The normalized spacial score (nSPS) is 9.83. The molecule has 0 saturated carbocycles. The second-order valence-corrected chi connectivity index (χ2v) is 2.42. The Kier molecular flexibility index (Phi) is 1.95. The molecule has 1 rings (SSSR count). The summed E-state index contributed by atoms with van der Waals surface area (Å²) < 4.78 is 12.7. The molecule has 4 nitrogen and oxygen atoms in total. The molecule has 0 amide bonds. The average Bonchev–Trinajstić information content (AvgIpc) is 1.96. The SMILES string of the molecule is Cc1cc([N+](=O)[O-])c(N)cc1F. The molecule has 0 bridgehead atoms. The summed E-state index contributed by atoms with van der Waals surface area (Å²) in [4.78, 5) is 9.65. The van der Waals surface area contributed by atoms with Crippen molar-refractivity contribution in [1.29, 1.82) is 0 Å². The number of benzene rings is 1. The van der Waals surface area contributed by atoms with Crippen molar-refractivity contribution in [2.75, 3.05) is 5.73 Å². The van der Waals surface area contributed by atoms with Gasteiger partial charge in [0, 0.05) is 12.1 Å². The van der Waals surface area contributed by atoms with Gasteiger partial charge in [0.2, 0.25) is 0 Å². The summed E-state index contributed by atoms with van der Waals surface area (Å²) in [5, 5.41) is 10.3. The zero-order valence-corrected chi connectivity index (χ0v) is 6.37. The molecule has 1 aromatic rings. The molecule has 2 N–H and O–H groups in total. The van der Waals surface area contributed by atoms with Crippen LogP contribution in [0.4, 0.5) is 15.8 Å². The van der Waals surface area contributed by atoms with Gasteiger partial charge >= 0.3 is 0 Å². The molecule has 0 radical (unpaired) electrons. The average molecular weight is 170 g/mol. The predicted octanol–water partition coefficient (Wildman–Crippen LogP) is 1.62. The van der Waals surface area contributed by atoms with E-state index in [1.54, 1.807) is 0 Å². The number of hydrogen-bond donors (Lipinski definition) is 1. The molecule has 0 aliphatic rings. The van der Waals surface area contributed by atoms with Gasteiger partial charge in [-0.1, -0.05) is 0 Å². The molecule has 64 valence electrons. The number of nitrogens with zero attached hydrogens (tertiary/aromatic N) is 1. The quantitative estimate of drug-likeness (QED) is 0.395. The minimum absolute atomic E-state index is 0.150. The maximum Gasteiger partial charge on any atom is 0.292 e. The lowest BCUT2D eigenvalue weighted by molar-refractivity contribution is -0.384. The first-order valence-electron chi connectivity index (χ1n) is 3.22. The molecule has 0 aliphatic carbocycles. The van der Waals surface area contributed by atoms with Gasteiger partial charge in [-0.05, 0) is 12.5 Å². The zero-order chi connectivity index (χ0) is 9.30. The second-order valence-electron chi connectivity index (χ2n) is 2.42. The summed E-state index contributed by atoms with van der Waals surface area (Å²) in [7, 11) is 0. The van der Waals surface area contributed by atoms with Crippen molar-refractivity contribution in [3.63, 3.8) is 0 Å². The fourth-order valence-corrected chi connectivity index (χ4v) is 0.840. The van der Waals surface area contributed by atoms with Crippen molar-refractivity contribution < 1.29 is 9.31 Å². The van der Waals surface area contributed by atoms with E-state index >= 15 is 0 Å². The number of nitro benzene ring substituents is 1. The molecule has 5 heteroatoms. The minimum atomic E-state index is -0.637. The van der Waals surface area contributed by atoms with Crippen LogP contribution in [-0.2, 0) is 0 Å². The smallest absolute Gasteiger partial charge is 0.292 e. The highest BCUT2D eigenvalue weighted by Crippen LogP contribution is 2.24. The third-order valence-electron chi connectivity index (χ3n) is 1.50. The molecule has 0 saturated heterocycles. The molecule has 0 atom stereocenters. The predicted molar refractivity (Wildman–Crippen MR) is 42.2 cm³/mol. The highest BCUT2D eigenvalue weighted by molar-refractivity contribution is 5.59. The van der Waals surface area contributed by atoms with Gasteiger partial charge in [-0.15, -0.1) is 0 Å². The molecule has 0 aromatic heterocycles. The third-order valence-corrected chi connectivity index (χ3v) is 1.50. The van der Waals surface area contributed by atoms with E-state index in [2.05, 4.69) is 0 Å². The van der Waals surface area contributed by atoms with Gasteiger partial charge in [-0.2, -0.15) is 0 Å². The van der Waals surface area contributed by atoms with Crippen molar-refractivity contribution in [1.82, 2.24) is 0 Å². The van der Waals surface area contributed by atoms with E-state index in [1.807, 2.05) is 0 Å². The van der Waals surface area contributed by atoms with Crippen LogP contribution in [0.5, 0.6) is 0 Å². The first-order valence-corrected chi connectivity index (χ1v) is 3.22. The van der Waals surface area contributed by atoms with Crippen LogP contribution in [0.15, 0.2) is 12.1 Å². The monoisotopic (exact) mass is 170 g/mol. The van der Waals surface area contributed by atoms with E-state index in [9.17, 15) is 14.5 Å². The maximum absolute atomic E-state index is 12.7. The number of anilines is 1.